The fourth-order valence-corrected chi connectivity index (χ4v) is 3.47. The lowest BCUT2D eigenvalue weighted by atomic mass is 10.0. The Morgan fingerprint density at radius 1 is 1.18 bits per heavy atom. The molecule has 1 aliphatic rings. The largest absolute Gasteiger partial charge is 0.467 e. The zero-order chi connectivity index (χ0) is 18.7. The van der Waals surface area contributed by atoms with Crippen molar-refractivity contribution in [2.45, 2.75) is 25.9 Å². The standard InChI is InChI=1S/C19H23F2N3O2.2ClH/c1-2-18(16-4-3-14(20)10-17(16)21)23-5-7-24(8-6-23)19(25)13-9-15(11-22)26-12-13;;/h3-4,9-10,12,18H,2,5-8,11,22H2,1H3;2*1H. The first kappa shape index (κ1) is 24.4. The molecule has 0 spiro atoms. The third-order valence-corrected chi connectivity index (χ3v) is 4.85. The van der Waals surface area contributed by atoms with E-state index in [9.17, 15) is 13.6 Å². The highest BCUT2D eigenvalue weighted by Crippen LogP contribution is 2.28. The molecule has 1 amide bonds. The SMILES string of the molecule is CCC(c1ccc(F)cc1F)N1CCN(C(=O)c2coc(CN)c2)CC1.Cl.Cl. The zero-order valence-corrected chi connectivity index (χ0v) is 17.2. The lowest BCUT2D eigenvalue weighted by Crippen LogP contribution is -2.49. The molecule has 3 rings (SSSR count). The van der Waals surface area contributed by atoms with Crippen molar-refractivity contribution in [1.82, 2.24) is 9.80 Å². The second-order valence-electron chi connectivity index (χ2n) is 6.42. The monoisotopic (exact) mass is 435 g/mol. The fraction of sp³-hybridized carbons (Fsp3) is 0.421. The Kier molecular flexibility index (Phi) is 9.36. The smallest absolute Gasteiger partial charge is 0.257 e. The Bertz CT molecular complexity index is 780. The number of benzene rings is 1. The van der Waals surface area contributed by atoms with Crippen molar-refractivity contribution in [2.75, 3.05) is 26.2 Å². The fourth-order valence-electron chi connectivity index (χ4n) is 3.47. The van der Waals surface area contributed by atoms with Crippen LogP contribution in [-0.4, -0.2) is 41.9 Å². The first-order chi connectivity index (χ1) is 12.5. The summed E-state index contributed by atoms with van der Waals surface area (Å²) in [5.41, 5.74) is 6.50. The number of nitrogens with zero attached hydrogens (tertiary/aromatic N) is 2. The van der Waals surface area contributed by atoms with Crippen LogP contribution < -0.4 is 5.73 Å². The normalized spacial score (nSPS) is 15.5. The van der Waals surface area contributed by atoms with Gasteiger partial charge in [0.15, 0.2) is 0 Å². The van der Waals surface area contributed by atoms with Crippen molar-refractivity contribution < 1.29 is 18.0 Å². The molecule has 156 valence electrons. The number of carbonyl (C=O) groups excluding carboxylic acids is 1. The van der Waals surface area contributed by atoms with Gasteiger partial charge in [-0.1, -0.05) is 13.0 Å². The van der Waals surface area contributed by atoms with E-state index in [2.05, 4.69) is 4.90 Å². The summed E-state index contributed by atoms with van der Waals surface area (Å²) in [4.78, 5) is 16.4. The molecule has 1 atom stereocenters. The number of halogens is 4. The Labute approximate surface area is 175 Å². The van der Waals surface area contributed by atoms with Gasteiger partial charge >= 0.3 is 0 Å². The number of hydrogen-bond donors (Lipinski definition) is 1. The minimum atomic E-state index is -0.575. The van der Waals surface area contributed by atoms with Gasteiger partial charge in [0, 0.05) is 43.9 Å². The highest BCUT2D eigenvalue weighted by molar-refractivity contribution is 5.94. The van der Waals surface area contributed by atoms with E-state index < -0.39 is 11.6 Å². The van der Waals surface area contributed by atoms with E-state index in [-0.39, 0.29) is 43.3 Å². The van der Waals surface area contributed by atoms with Crippen LogP contribution in [-0.2, 0) is 6.54 Å². The first-order valence-corrected chi connectivity index (χ1v) is 8.79. The van der Waals surface area contributed by atoms with Crippen LogP contribution in [0.4, 0.5) is 8.78 Å². The van der Waals surface area contributed by atoms with Gasteiger partial charge in [0.25, 0.3) is 5.91 Å². The maximum absolute atomic E-state index is 14.2. The van der Waals surface area contributed by atoms with Gasteiger partial charge in [0.2, 0.25) is 0 Å². The van der Waals surface area contributed by atoms with Crippen molar-refractivity contribution in [3.63, 3.8) is 0 Å². The Morgan fingerprint density at radius 2 is 1.86 bits per heavy atom. The first-order valence-electron chi connectivity index (χ1n) is 8.79. The van der Waals surface area contributed by atoms with Crippen LogP contribution in [0, 0.1) is 11.6 Å². The van der Waals surface area contributed by atoms with Crippen LogP contribution >= 0.6 is 24.8 Å². The van der Waals surface area contributed by atoms with Gasteiger partial charge in [-0.05, 0) is 18.6 Å². The number of hydrogen-bond acceptors (Lipinski definition) is 4. The molecule has 2 aromatic rings. The minimum absolute atomic E-state index is 0. The number of furan rings is 1. The number of carbonyl (C=O) groups is 1. The van der Waals surface area contributed by atoms with Gasteiger partial charge in [-0.15, -0.1) is 24.8 Å². The molecule has 1 aliphatic heterocycles. The van der Waals surface area contributed by atoms with Crippen LogP contribution in [0.3, 0.4) is 0 Å². The minimum Gasteiger partial charge on any atom is -0.467 e. The molecule has 2 N–H and O–H groups in total. The molecule has 28 heavy (non-hydrogen) atoms. The molecular weight excluding hydrogens is 411 g/mol. The van der Waals surface area contributed by atoms with Gasteiger partial charge in [-0.25, -0.2) is 8.78 Å². The van der Waals surface area contributed by atoms with Crippen LogP contribution in [0.2, 0.25) is 0 Å². The van der Waals surface area contributed by atoms with Crippen molar-refractivity contribution in [3.8, 4) is 0 Å². The predicted molar refractivity (Wildman–Crippen MR) is 108 cm³/mol. The molecule has 1 aromatic carbocycles. The van der Waals surface area contributed by atoms with Crippen LogP contribution in [0.25, 0.3) is 0 Å². The van der Waals surface area contributed by atoms with Gasteiger partial charge in [0.05, 0.1) is 12.1 Å². The lowest BCUT2D eigenvalue weighted by molar-refractivity contribution is 0.0558. The number of amides is 1. The Balaban J connectivity index is 0.00000196. The third kappa shape index (κ3) is 5.23. The summed E-state index contributed by atoms with van der Waals surface area (Å²) >= 11 is 0. The molecule has 0 bridgehead atoms. The summed E-state index contributed by atoms with van der Waals surface area (Å²) in [6, 6.07) is 5.25. The molecule has 2 heterocycles. The number of piperazine rings is 1. The molecular formula is C19H25Cl2F2N3O2. The van der Waals surface area contributed by atoms with E-state index in [1.54, 1.807) is 11.0 Å². The molecule has 5 nitrogen and oxygen atoms in total. The maximum Gasteiger partial charge on any atom is 0.257 e. The van der Waals surface area contributed by atoms with Crippen LogP contribution in [0.1, 0.15) is 41.1 Å². The van der Waals surface area contributed by atoms with Crippen LogP contribution in [0.5, 0.6) is 0 Å². The molecule has 1 aromatic heterocycles. The van der Waals surface area contributed by atoms with Crippen molar-refractivity contribution in [1.29, 1.82) is 0 Å². The molecule has 0 radical (unpaired) electrons. The van der Waals surface area contributed by atoms with Gasteiger partial charge in [0.1, 0.15) is 23.7 Å². The summed E-state index contributed by atoms with van der Waals surface area (Å²) < 4.78 is 32.6. The van der Waals surface area contributed by atoms with Gasteiger partial charge in [-0.3, -0.25) is 9.69 Å². The predicted octanol–water partition coefficient (Wildman–Crippen LogP) is 3.77. The van der Waals surface area contributed by atoms with E-state index in [1.165, 1.54) is 18.4 Å². The molecule has 0 saturated carbocycles. The molecule has 0 aliphatic carbocycles. The zero-order valence-electron chi connectivity index (χ0n) is 15.6. The Hall–Kier alpha value is -1.67. The van der Waals surface area contributed by atoms with Gasteiger partial charge in [-0.2, -0.15) is 0 Å². The van der Waals surface area contributed by atoms with E-state index in [1.807, 2.05) is 6.92 Å². The van der Waals surface area contributed by atoms with Crippen LogP contribution in [0.15, 0.2) is 34.9 Å². The molecule has 1 unspecified atom stereocenters. The maximum atomic E-state index is 14.2. The third-order valence-electron chi connectivity index (χ3n) is 4.85. The van der Waals surface area contributed by atoms with E-state index in [0.29, 0.717) is 49.5 Å². The topological polar surface area (TPSA) is 62.7 Å². The molecule has 1 saturated heterocycles. The summed E-state index contributed by atoms with van der Waals surface area (Å²) in [6.07, 6.45) is 2.14. The summed E-state index contributed by atoms with van der Waals surface area (Å²) in [6.45, 7) is 4.57. The van der Waals surface area contributed by atoms with Crippen molar-refractivity contribution in [3.05, 3.63) is 59.1 Å². The summed E-state index contributed by atoms with van der Waals surface area (Å²) in [5, 5.41) is 0. The summed E-state index contributed by atoms with van der Waals surface area (Å²) in [5.74, 6) is -0.615. The lowest BCUT2D eigenvalue weighted by Gasteiger charge is -2.39. The molecule has 9 heteroatoms. The highest BCUT2D eigenvalue weighted by Gasteiger charge is 2.28. The quantitative estimate of drug-likeness (QED) is 0.776. The summed E-state index contributed by atoms with van der Waals surface area (Å²) in [7, 11) is 0. The van der Waals surface area contributed by atoms with Crippen molar-refractivity contribution in [2.24, 2.45) is 5.73 Å². The average Bonchev–Trinajstić information content (AvgIpc) is 3.13. The Morgan fingerprint density at radius 3 is 2.39 bits per heavy atom. The number of nitrogens with two attached hydrogens (primary N) is 1. The molecule has 1 fully saturated rings. The van der Waals surface area contributed by atoms with Gasteiger partial charge < -0.3 is 15.1 Å². The van der Waals surface area contributed by atoms with E-state index in [4.69, 9.17) is 10.2 Å². The van der Waals surface area contributed by atoms with E-state index in [0.717, 1.165) is 6.07 Å². The number of rotatable bonds is 5. The second-order valence-corrected chi connectivity index (χ2v) is 6.42. The highest BCUT2D eigenvalue weighted by atomic mass is 35.5. The second kappa shape index (κ2) is 10.8. The average molecular weight is 436 g/mol. The van der Waals surface area contributed by atoms with Crippen molar-refractivity contribution >= 4 is 30.7 Å². The van der Waals surface area contributed by atoms with E-state index >= 15 is 0 Å².